The Morgan fingerprint density at radius 2 is 1.90 bits per heavy atom. The van der Waals surface area contributed by atoms with Crippen molar-refractivity contribution in [2.24, 2.45) is 0 Å². The molecule has 3 atom stereocenters. The molecule has 3 unspecified atom stereocenters. The van der Waals surface area contributed by atoms with E-state index in [1.807, 2.05) is 0 Å². The summed E-state index contributed by atoms with van der Waals surface area (Å²) in [6, 6.07) is 0. The number of nitrogens with one attached hydrogen (secondary N) is 1. The topological polar surface area (TPSA) is 158 Å². The van der Waals surface area contributed by atoms with E-state index in [9.17, 15) is 34.9 Å². The first kappa shape index (κ1) is 18.3. The molecule has 0 aliphatic carbocycles. The minimum Gasteiger partial charge on any atom is -0.741 e. The average molecular weight is 343 g/mol. The minimum absolute atomic E-state index is 0. The molecule has 0 bridgehead atoms. The second kappa shape index (κ2) is 4.64. The van der Waals surface area contributed by atoms with Crippen LogP contribution in [0.4, 0.5) is 0 Å². The molecule has 2 rings (SSSR count). The van der Waals surface area contributed by atoms with E-state index in [0.717, 1.165) is 6.26 Å². The standard InChI is InChI=1S/C6H12N2O8S3.Li/c1-17(10,11)7-3-2-5-8(18(5,12)13)4-6(8,9)19(14,15)16;/h5,7,9H,2-4H2,1H3;/q;+1. The van der Waals surface area contributed by atoms with E-state index in [4.69, 9.17) is 0 Å². The quantitative estimate of drug-likeness (QED) is 0.216. The fourth-order valence-electron chi connectivity index (χ4n) is 2.27. The molecule has 2 aliphatic heterocycles. The van der Waals surface area contributed by atoms with Crippen molar-refractivity contribution in [3.63, 3.8) is 0 Å². The van der Waals surface area contributed by atoms with Crippen LogP contribution in [0.1, 0.15) is 6.42 Å². The SMILES string of the molecule is CS(=O)(=O)NCCC1[N+]2(CC2(O)S(=O)(=O)[O-])S1(=O)=O.[Li+]. The first-order valence-corrected chi connectivity index (χ1v) is 9.84. The fraction of sp³-hybridized carbons (Fsp3) is 1.00. The van der Waals surface area contributed by atoms with Gasteiger partial charge in [0.2, 0.25) is 10.0 Å². The first-order valence-electron chi connectivity index (χ1n) is 5.04. The van der Waals surface area contributed by atoms with E-state index in [-0.39, 0.29) is 31.8 Å². The number of quaternary nitrogens is 1. The average Bonchev–Trinajstić information content (AvgIpc) is 2.91. The number of sulfonamides is 2. The smallest absolute Gasteiger partial charge is 0.741 e. The molecule has 0 saturated carbocycles. The summed E-state index contributed by atoms with van der Waals surface area (Å²) in [6.45, 7) is -0.928. The van der Waals surface area contributed by atoms with Crippen LogP contribution in [0.2, 0.25) is 0 Å². The van der Waals surface area contributed by atoms with E-state index in [1.165, 1.54) is 0 Å². The third-order valence-corrected chi connectivity index (χ3v) is 8.06. The second-order valence-electron chi connectivity index (χ2n) is 4.58. The summed E-state index contributed by atoms with van der Waals surface area (Å²) in [4.78, 5) is 0. The van der Waals surface area contributed by atoms with Gasteiger partial charge in [0, 0.05) is 13.0 Å². The third kappa shape index (κ3) is 2.34. The van der Waals surface area contributed by atoms with E-state index in [1.54, 1.807) is 0 Å². The summed E-state index contributed by atoms with van der Waals surface area (Å²) < 4.78 is 78.2. The van der Waals surface area contributed by atoms with Crippen LogP contribution in [0, 0.1) is 0 Å². The number of hydrogen-bond acceptors (Lipinski definition) is 8. The summed E-state index contributed by atoms with van der Waals surface area (Å²) >= 11 is 0. The van der Waals surface area contributed by atoms with Crippen molar-refractivity contribution in [2.45, 2.75) is 16.9 Å². The summed E-state index contributed by atoms with van der Waals surface area (Å²) in [5.41, 5.74) is 0. The molecule has 10 nitrogen and oxygen atoms in total. The zero-order valence-corrected chi connectivity index (χ0v) is 13.1. The maximum atomic E-state index is 11.6. The molecule has 0 aromatic rings. The van der Waals surface area contributed by atoms with Crippen LogP contribution < -0.4 is 23.6 Å². The molecule has 2 fully saturated rings. The Kier molecular flexibility index (Phi) is 4.25. The number of nitrogens with zero attached hydrogens (tertiary/aromatic N) is 1. The van der Waals surface area contributed by atoms with Crippen LogP contribution in [0.25, 0.3) is 0 Å². The largest absolute Gasteiger partial charge is 1.00 e. The van der Waals surface area contributed by atoms with Gasteiger partial charge in [0.1, 0.15) is 0 Å². The van der Waals surface area contributed by atoms with Crippen LogP contribution in [0.15, 0.2) is 0 Å². The second-order valence-corrected chi connectivity index (χ2v) is 10.2. The normalized spacial score (nSPS) is 38.2. The van der Waals surface area contributed by atoms with Crippen LogP contribution in [-0.4, -0.2) is 68.6 Å². The Hall–Kier alpha value is 0.287. The van der Waals surface area contributed by atoms with Crippen LogP contribution in [0.5, 0.6) is 0 Å². The minimum atomic E-state index is -5.17. The Bertz CT molecular complexity index is 730. The molecular formula is C6H12LiN2O8S3+. The van der Waals surface area contributed by atoms with Gasteiger partial charge in [-0.3, -0.25) is 0 Å². The maximum absolute atomic E-state index is 11.6. The zero-order valence-electron chi connectivity index (χ0n) is 10.7. The van der Waals surface area contributed by atoms with Crippen molar-refractivity contribution in [3.8, 4) is 0 Å². The van der Waals surface area contributed by atoms with Crippen molar-refractivity contribution >= 4 is 30.2 Å². The predicted octanol–water partition coefficient (Wildman–Crippen LogP) is -6.38. The molecule has 0 aromatic heterocycles. The molecule has 112 valence electrons. The summed E-state index contributed by atoms with van der Waals surface area (Å²) in [7, 11) is -12.6. The molecule has 14 heteroatoms. The Morgan fingerprint density at radius 3 is 2.25 bits per heavy atom. The summed E-state index contributed by atoms with van der Waals surface area (Å²) in [5, 5.41) is 5.47. The third-order valence-electron chi connectivity index (χ3n) is 3.30. The molecule has 2 saturated heterocycles. The Balaban J connectivity index is 0.00000200. The van der Waals surface area contributed by atoms with Gasteiger partial charge in [-0.2, -0.15) is 8.42 Å². The molecule has 2 heterocycles. The van der Waals surface area contributed by atoms with Gasteiger partial charge in [-0.05, 0) is 0 Å². The molecule has 1 spiro atoms. The number of rotatable bonds is 5. The van der Waals surface area contributed by atoms with Gasteiger partial charge in [-0.15, -0.1) is 3.89 Å². The molecular weight excluding hydrogens is 331 g/mol. The van der Waals surface area contributed by atoms with Crippen molar-refractivity contribution in [2.75, 3.05) is 19.3 Å². The van der Waals surface area contributed by atoms with Crippen molar-refractivity contribution in [3.05, 3.63) is 0 Å². The molecule has 0 amide bonds. The van der Waals surface area contributed by atoms with Crippen LogP contribution in [-0.2, 0) is 30.2 Å². The molecule has 0 aromatic carbocycles. The monoisotopic (exact) mass is 343 g/mol. The summed E-state index contributed by atoms with van der Waals surface area (Å²) in [5.74, 6) is 0. The summed E-state index contributed by atoms with van der Waals surface area (Å²) in [6.07, 6.45) is 0.668. The van der Waals surface area contributed by atoms with Gasteiger partial charge in [0.15, 0.2) is 16.7 Å². The van der Waals surface area contributed by atoms with Crippen molar-refractivity contribution in [1.29, 1.82) is 0 Å². The van der Waals surface area contributed by atoms with Crippen LogP contribution >= 0.6 is 0 Å². The van der Waals surface area contributed by atoms with Gasteiger partial charge in [0.05, 0.1) is 6.26 Å². The van der Waals surface area contributed by atoms with Crippen LogP contribution in [0.3, 0.4) is 0 Å². The molecule has 2 aliphatic rings. The molecule has 2 N–H and O–H groups in total. The van der Waals surface area contributed by atoms with E-state index < -0.39 is 51.0 Å². The van der Waals surface area contributed by atoms with Gasteiger partial charge in [-0.1, -0.05) is 0 Å². The van der Waals surface area contributed by atoms with Crippen molar-refractivity contribution in [1.82, 2.24) is 4.72 Å². The van der Waals surface area contributed by atoms with Gasteiger partial charge in [0.25, 0.3) is 5.37 Å². The Morgan fingerprint density at radius 1 is 1.40 bits per heavy atom. The number of hydrogen-bond donors (Lipinski definition) is 2. The van der Waals surface area contributed by atoms with E-state index in [0.29, 0.717) is 0 Å². The van der Waals surface area contributed by atoms with Gasteiger partial charge in [-0.25, -0.2) is 21.6 Å². The molecule has 20 heavy (non-hydrogen) atoms. The van der Waals surface area contributed by atoms with E-state index in [2.05, 4.69) is 4.72 Å². The molecule has 0 radical (unpaired) electrons. The zero-order chi connectivity index (χ0) is 14.9. The first-order chi connectivity index (χ1) is 8.30. The van der Waals surface area contributed by atoms with Crippen molar-refractivity contribution < 1.29 is 57.7 Å². The van der Waals surface area contributed by atoms with Gasteiger partial charge < -0.3 is 9.66 Å². The fourth-order valence-corrected chi connectivity index (χ4v) is 6.88. The predicted molar refractivity (Wildman–Crippen MR) is 59.9 cm³/mol. The van der Waals surface area contributed by atoms with Gasteiger partial charge >= 0.3 is 33.9 Å². The maximum Gasteiger partial charge on any atom is 1.00 e. The van der Waals surface area contributed by atoms with E-state index >= 15 is 0 Å². The number of aliphatic hydroxyl groups is 1. The Labute approximate surface area is 128 Å².